The first-order valence-corrected chi connectivity index (χ1v) is 7.39. The third kappa shape index (κ3) is 1.79. The Balaban J connectivity index is 1.59. The van der Waals surface area contributed by atoms with Crippen molar-refractivity contribution in [1.82, 2.24) is 0 Å². The van der Waals surface area contributed by atoms with E-state index >= 15 is 0 Å². The van der Waals surface area contributed by atoms with Crippen LogP contribution in [-0.4, -0.2) is 5.91 Å². The molecule has 1 amide bonds. The molecule has 100 valence electrons. The number of amides is 1. The van der Waals surface area contributed by atoms with Crippen molar-refractivity contribution in [3.05, 3.63) is 29.3 Å². The van der Waals surface area contributed by atoms with Crippen LogP contribution in [-0.2, 0) is 11.2 Å². The molecule has 4 rings (SSSR count). The lowest BCUT2D eigenvalue weighted by atomic mass is 9.80. The van der Waals surface area contributed by atoms with Gasteiger partial charge in [0.25, 0.3) is 0 Å². The molecule has 4 unspecified atom stereocenters. The number of hydrogen-bond acceptors (Lipinski definition) is 2. The highest BCUT2D eigenvalue weighted by Crippen LogP contribution is 2.52. The fraction of sp³-hybridized carbons (Fsp3) is 0.562. The molecule has 2 fully saturated rings. The Morgan fingerprint density at radius 1 is 1.26 bits per heavy atom. The van der Waals surface area contributed by atoms with Crippen molar-refractivity contribution in [2.45, 2.75) is 38.1 Å². The first-order chi connectivity index (χ1) is 9.20. The molecule has 4 atom stereocenters. The van der Waals surface area contributed by atoms with Gasteiger partial charge in [0.2, 0.25) is 5.91 Å². The van der Waals surface area contributed by atoms with Gasteiger partial charge in [-0.05, 0) is 54.2 Å². The average Bonchev–Trinajstić information content (AvgIpc) is 3.09. The van der Waals surface area contributed by atoms with Gasteiger partial charge in [-0.2, -0.15) is 0 Å². The smallest absolute Gasteiger partial charge is 0.228 e. The Bertz CT molecular complexity index is 540. The van der Waals surface area contributed by atoms with Crippen LogP contribution in [0.25, 0.3) is 0 Å². The van der Waals surface area contributed by atoms with E-state index in [2.05, 4.69) is 17.4 Å². The molecule has 0 saturated heterocycles. The van der Waals surface area contributed by atoms with E-state index in [0.717, 1.165) is 23.1 Å². The van der Waals surface area contributed by atoms with E-state index in [9.17, 15) is 4.79 Å². The number of nitrogens with one attached hydrogen (secondary N) is 1. The van der Waals surface area contributed by atoms with E-state index in [1.165, 1.54) is 31.2 Å². The van der Waals surface area contributed by atoms with E-state index in [1.54, 1.807) is 0 Å². The summed E-state index contributed by atoms with van der Waals surface area (Å²) in [4.78, 5) is 11.4. The molecule has 3 aliphatic rings. The molecule has 3 heteroatoms. The number of nitrogens with two attached hydrogens (primary N) is 1. The molecule has 0 radical (unpaired) electrons. The number of anilines is 1. The van der Waals surface area contributed by atoms with Crippen LogP contribution in [0.1, 0.15) is 42.9 Å². The molecule has 2 aliphatic carbocycles. The van der Waals surface area contributed by atoms with Crippen LogP contribution >= 0.6 is 0 Å². The van der Waals surface area contributed by atoms with Gasteiger partial charge in [0, 0.05) is 11.7 Å². The Morgan fingerprint density at radius 3 is 2.89 bits per heavy atom. The molecule has 2 saturated carbocycles. The van der Waals surface area contributed by atoms with Crippen LogP contribution in [0.5, 0.6) is 0 Å². The van der Waals surface area contributed by atoms with Crippen LogP contribution in [0.4, 0.5) is 5.69 Å². The third-order valence-electron chi connectivity index (χ3n) is 5.39. The molecule has 19 heavy (non-hydrogen) atoms. The summed E-state index contributed by atoms with van der Waals surface area (Å²) >= 11 is 0. The normalized spacial score (nSPS) is 33.3. The number of fused-ring (bicyclic) bond motifs is 3. The van der Waals surface area contributed by atoms with Gasteiger partial charge in [-0.1, -0.05) is 18.6 Å². The molecular formula is C16H20N2O. The summed E-state index contributed by atoms with van der Waals surface area (Å²) in [6.45, 7) is 0. The van der Waals surface area contributed by atoms with Crippen LogP contribution in [0.2, 0.25) is 0 Å². The summed E-state index contributed by atoms with van der Waals surface area (Å²) in [6, 6.07) is 6.41. The SMILES string of the molecule is NC(c1ccc2c(c1)CC(=O)N2)C1CC2CCC1C2. The monoisotopic (exact) mass is 256 g/mol. The van der Waals surface area contributed by atoms with E-state index in [0.29, 0.717) is 12.3 Å². The summed E-state index contributed by atoms with van der Waals surface area (Å²) < 4.78 is 0. The van der Waals surface area contributed by atoms with E-state index in [1.807, 2.05) is 6.07 Å². The summed E-state index contributed by atoms with van der Waals surface area (Å²) in [5.74, 6) is 2.52. The largest absolute Gasteiger partial charge is 0.326 e. The molecule has 1 aliphatic heterocycles. The highest BCUT2D eigenvalue weighted by Gasteiger charge is 2.42. The maximum absolute atomic E-state index is 11.4. The van der Waals surface area contributed by atoms with Crippen LogP contribution in [0, 0.1) is 17.8 Å². The number of carbonyl (C=O) groups excluding carboxylic acids is 1. The zero-order valence-corrected chi connectivity index (χ0v) is 11.1. The van der Waals surface area contributed by atoms with Gasteiger partial charge in [0.1, 0.15) is 0 Å². The minimum Gasteiger partial charge on any atom is -0.326 e. The van der Waals surface area contributed by atoms with E-state index in [-0.39, 0.29) is 11.9 Å². The molecule has 3 N–H and O–H groups in total. The average molecular weight is 256 g/mol. The molecule has 1 heterocycles. The van der Waals surface area contributed by atoms with Crippen molar-refractivity contribution in [3.8, 4) is 0 Å². The van der Waals surface area contributed by atoms with Crippen molar-refractivity contribution >= 4 is 11.6 Å². The maximum atomic E-state index is 11.4. The van der Waals surface area contributed by atoms with Crippen molar-refractivity contribution in [2.75, 3.05) is 5.32 Å². The molecule has 2 bridgehead atoms. The lowest BCUT2D eigenvalue weighted by Gasteiger charge is -2.28. The Morgan fingerprint density at radius 2 is 2.16 bits per heavy atom. The molecule has 3 nitrogen and oxygen atoms in total. The highest BCUT2D eigenvalue weighted by atomic mass is 16.1. The van der Waals surface area contributed by atoms with Crippen molar-refractivity contribution in [2.24, 2.45) is 23.5 Å². The lowest BCUT2D eigenvalue weighted by molar-refractivity contribution is -0.115. The number of hydrogen-bond donors (Lipinski definition) is 2. The van der Waals surface area contributed by atoms with Crippen LogP contribution in [0.15, 0.2) is 18.2 Å². The quantitative estimate of drug-likeness (QED) is 0.854. The molecule has 0 spiro atoms. The topological polar surface area (TPSA) is 55.1 Å². The first kappa shape index (κ1) is 11.5. The molecular weight excluding hydrogens is 236 g/mol. The third-order valence-corrected chi connectivity index (χ3v) is 5.39. The molecule has 1 aromatic carbocycles. The predicted octanol–water partition coefficient (Wildman–Crippen LogP) is 2.62. The highest BCUT2D eigenvalue weighted by molar-refractivity contribution is 5.99. The Labute approximate surface area is 113 Å². The van der Waals surface area contributed by atoms with E-state index < -0.39 is 0 Å². The summed E-state index contributed by atoms with van der Waals surface area (Å²) in [5.41, 5.74) is 9.80. The van der Waals surface area contributed by atoms with Crippen molar-refractivity contribution in [3.63, 3.8) is 0 Å². The number of rotatable bonds is 2. The van der Waals surface area contributed by atoms with Gasteiger partial charge in [-0.15, -0.1) is 0 Å². The van der Waals surface area contributed by atoms with Gasteiger partial charge in [-0.3, -0.25) is 4.79 Å². The van der Waals surface area contributed by atoms with Crippen LogP contribution < -0.4 is 11.1 Å². The fourth-order valence-corrected chi connectivity index (χ4v) is 4.44. The zero-order chi connectivity index (χ0) is 13.0. The lowest BCUT2D eigenvalue weighted by Crippen LogP contribution is -2.26. The second-order valence-electron chi connectivity index (χ2n) is 6.51. The van der Waals surface area contributed by atoms with Crippen LogP contribution in [0.3, 0.4) is 0 Å². The van der Waals surface area contributed by atoms with Crippen molar-refractivity contribution in [1.29, 1.82) is 0 Å². The van der Waals surface area contributed by atoms with Gasteiger partial charge >= 0.3 is 0 Å². The number of carbonyl (C=O) groups is 1. The maximum Gasteiger partial charge on any atom is 0.228 e. The van der Waals surface area contributed by atoms with E-state index in [4.69, 9.17) is 5.73 Å². The van der Waals surface area contributed by atoms with Gasteiger partial charge < -0.3 is 11.1 Å². The summed E-state index contributed by atoms with van der Waals surface area (Å²) in [7, 11) is 0. The first-order valence-electron chi connectivity index (χ1n) is 7.39. The summed E-state index contributed by atoms with van der Waals surface area (Å²) in [5, 5.41) is 2.88. The van der Waals surface area contributed by atoms with Gasteiger partial charge in [0.05, 0.1) is 6.42 Å². The van der Waals surface area contributed by atoms with Gasteiger partial charge in [0.15, 0.2) is 0 Å². The second-order valence-corrected chi connectivity index (χ2v) is 6.51. The Kier molecular flexibility index (Phi) is 2.46. The standard InChI is InChI=1S/C16H20N2O/c17-16(13-6-9-1-2-10(13)5-9)11-3-4-14-12(7-11)8-15(19)18-14/h3-4,7,9-10,13,16H,1-2,5-6,8,17H2,(H,18,19). The van der Waals surface area contributed by atoms with Crippen molar-refractivity contribution < 1.29 is 4.79 Å². The minimum absolute atomic E-state index is 0.0978. The second kappa shape index (κ2) is 4.07. The Hall–Kier alpha value is -1.35. The minimum atomic E-state index is 0.0978. The zero-order valence-electron chi connectivity index (χ0n) is 11.1. The number of benzene rings is 1. The molecule has 1 aromatic rings. The fourth-order valence-electron chi connectivity index (χ4n) is 4.44. The summed E-state index contributed by atoms with van der Waals surface area (Å²) in [6.07, 6.45) is 5.99. The molecule has 0 aromatic heterocycles. The van der Waals surface area contributed by atoms with Gasteiger partial charge in [-0.25, -0.2) is 0 Å². The predicted molar refractivity (Wildman–Crippen MR) is 74.6 cm³/mol.